The van der Waals surface area contributed by atoms with Gasteiger partial charge in [-0.3, -0.25) is 9.59 Å². The number of phenolic OH excluding ortho intramolecular Hbond substituents is 1. The van der Waals surface area contributed by atoms with Crippen molar-refractivity contribution in [2.24, 2.45) is 0 Å². The Morgan fingerprint density at radius 3 is 2.58 bits per heavy atom. The van der Waals surface area contributed by atoms with Crippen LogP contribution in [0.3, 0.4) is 0 Å². The number of amides is 2. The van der Waals surface area contributed by atoms with Gasteiger partial charge >= 0.3 is 0 Å². The molecule has 24 heavy (non-hydrogen) atoms. The zero-order chi connectivity index (χ0) is 17.5. The highest BCUT2D eigenvalue weighted by atomic mass is 16.5. The van der Waals surface area contributed by atoms with Crippen molar-refractivity contribution in [1.29, 1.82) is 5.26 Å². The second kappa shape index (κ2) is 8.20. The van der Waals surface area contributed by atoms with E-state index < -0.39 is 6.10 Å². The molecule has 0 saturated carbocycles. The molecule has 7 heteroatoms. The van der Waals surface area contributed by atoms with E-state index in [2.05, 4.69) is 5.32 Å². The molecule has 0 bridgehead atoms. The van der Waals surface area contributed by atoms with Crippen LogP contribution in [0.1, 0.15) is 26.2 Å². The summed E-state index contributed by atoms with van der Waals surface area (Å²) >= 11 is 0. The molecule has 1 fully saturated rings. The standard InChI is InChI=1S/C17H21N3O4/c1-12(24-15-4-2-14(21)3-5-15)17(23)20-10-7-13(8-11-20)19-16(22)6-9-18/h2-5,12-13,21H,6-8,10-11H2,1H3,(H,19,22). The Bertz CT molecular complexity index is 616. The number of ether oxygens (including phenoxy) is 1. The van der Waals surface area contributed by atoms with Crippen molar-refractivity contribution in [3.05, 3.63) is 24.3 Å². The Kier molecular flexibility index (Phi) is 6.01. The number of aromatic hydroxyl groups is 1. The molecule has 1 atom stereocenters. The van der Waals surface area contributed by atoms with E-state index in [1.54, 1.807) is 24.0 Å². The summed E-state index contributed by atoms with van der Waals surface area (Å²) in [5, 5.41) is 20.5. The molecule has 128 valence electrons. The topological polar surface area (TPSA) is 103 Å². The molecule has 2 amide bonds. The number of benzene rings is 1. The summed E-state index contributed by atoms with van der Waals surface area (Å²) in [6.07, 6.45) is 0.555. The molecule has 0 spiro atoms. The number of carbonyl (C=O) groups excluding carboxylic acids is 2. The van der Waals surface area contributed by atoms with Gasteiger partial charge in [-0.05, 0) is 44.0 Å². The Morgan fingerprint density at radius 1 is 1.38 bits per heavy atom. The van der Waals surface area contributed by atoms with Gasteiger partial charge in [0.15, 0.2) is 6.10 Å². The minimum Gasteiger partial charge on any atom is -0.508 e. The molecule has 1 heterocycles. The fraction of sp³-hybridized carbons (Fsp3) is 0.471. The number of nitrogens with zero attached hydrogens (tertiary/aromatic N) is 2. The van der Waals surface area contributed by atoms with Crippen LogP contribution >= 0.6 is 0 Å². The largest absolute Gasteiger partial charge is 0.508 e. The van der Waals surface area contributed by atoms with Gasteiger partial charge in [0, 0.05) is 19.1 Å². The first-order chi connectivity index (χ1) is 11.5. The Hall–Kier alpha value is -2.75. The summed E-state index contributed by atoms with van der Waals surface area (Å²) in [7, 11) is 0. The fourth-order valence-electron chi connectivity index (χ4n) is 2.63. The maximum Gasteiger partial charge on any atom is 0.263 e. The minimum absolute atomic E-state index is 0.00298. The van der Waals surface area contributed by atoms with Gasteiger partial charge in [0.1, 0.15) is 17.9 Å². The molecule has 1 unspecified atom stereocenters. The molecule has 1 aromatic rings. The van der Waals surface area contributed by atoms with Crippen LogP contribution in [0.4, 0.5) is 0 Å². The first-order valence-corrected chi connectivity index (χ1v) is 7.90. The normalized spacial score (nSPS) is 16.1. The lowest BCUT2D eigenvalue weighted by Crippen LogP contribution is -2.49. The molecule has 1 saturated heterocycles. The second-order valence-electron chi connectivity index (χ2n) is 5.76. The molecule has 2 rings (SSSR count). The Morgan fingerprint density at radius 2 is 2.00 bits per heavy atom. The molecular weight excluding hydrogens is 310 g/mol. The summed E-state index contributed by atoms with van der Waals surface area (Å²) in [6.45, 7) is 2.77. The minimum atomic E-state index is -0.626. The third-order valence-corrected chi connectivity index (χ3v) is 3.91. The zero-order valence-corrected chi connectivity index (χ0v) is 13.6. The third kappa shape index (κ3) is 4.88. The number of nitriles is 1. The lowest BCUT2D eigenvalue weighted by molar-refractivity contribution is -0.139. The van der Waals surface area contributed by atoms with Crippen molar-refractivity contribution in [2.45, 2.75) is 38.3 Å². The van der Waals surface area contributed by atoms with Gasteiger partial charge in [-0.2, -0.15) is 5.26 Å². The summed E-state index contributed by atoms with van der Waals surface area (Å²) < 4.78 is 5.60. The molecule has 0 radical (unpaired) electrons. The molecule has 0 aliphatic carbocycles. The van der Waals surface area contributed by atoms with E-state index in [-0.39, 0.29) is 30.0 Å². The van der Waals surface area contributed by atoms with Gasteiger partial charge in [-0.15, -0.1) is 0 Å². The van der Waals surface area contributed by atoms with Gasteiger partial charge in [0.2, 0.25) is 5.91 Å². The van der Waals surface area contributed by atoms with E-state index in [0.717, 1.165) is 0 Å². The molecule has 1 aliphatic rings. The monoisotopic (exact) mass is 331 g/mol. The van der Waals surface area contributed by atoms with Gasteiger partial charge in [-0.1, -0.05) is 0 Å². The average molecular weight is 331 g/mol. The van der Waals surface area contributed by atoms with Gasteiger partial charge in [-0.25, -0.2) is 0 Å². The molecular formula is C17H21N3O4. The predicted molar refractivity (Wildman–Crippen MR) is 86.2 cm³/mol. The van der Waals surface area contributed by atoms with Crippen LogP contribution in [-0.4, -0.2) is 47.1 Å². The van der Waals surface area contributed by atoms with Gasteiger partial charge < -0.3 is 20.1 Å². The fourth-order valence-corrected chi connectivity index (χ4v) is 2.63. The van der Waals surface area contributed by atoms with Crippen molar-refractivity contribution >= 4 is 11.8 Å². The number of hydrogen-bond acceptors (Lipinski definition) is 5. The highest BCUT2D eigenvalue weighted by Crippen LogP contribution is 2.19. The van der Waals surface area contributed by atoms with Crippen molar-refractivity contribution in [1.82, 2.24) is 10.2 Å². The van der Waals surface area contributed by atoms with E-state index in [1.807, 2.05) is 6.07 Å². The number of piperidine rings is 1. The maximum atomic E-state index is 12.4. The lowest BCUT2D eigenvalue weighted by atomic mass is 10.0. The maximum absolute atomic E-state index is 12.4. The Balaban J connectivity index is 1.80. The SMILES string of the molecule is CC(Oc1ccc(O)cc1)C(=O)N1CCC(NC(=O)CC#N)CC1. The number of rotatable bonds is 5. The third-order valence-electron chi connectivity index (χ3n) is 3.91. The van der Waals surface area contributed by atoms with E-state index in [4.69, 9.17) is 10.00 Å². The average Bonchev–Trinajstić information content (AvgIpc) is 2.57. The van der Waals surface area contributed by atoms with Crippen LogP contribution in [0, 0.1) is 11.3 Å². The van der Waals surface area contributed by atoms with E-state index in [0.29, 0.717) is 31.7 Å². The van der Waals surface area contributed by atoms with Crippen molar-refractivity contribution in [3.8, 4) is 17.6 Å². The van der Waals surface area contributed by atoms with E-state index >= 15 is 0 Å². The summed E-state index contributed by atoms with van der Waals surface area (Å²) in [6, 6.07) is 8.04. The van der Waals surface area contributed by atoms with Crippen molar-refractivity contribution < 1.29 is 19.4 Å². The molecule has 7 nitrogen and oxygen atoms in total. The first-order valence-electron chi connectivity index (χ1n) is 7.90. The second-order valence-corrected chi connectivity index (χ2v) is 5.76. The Labute approximate surface area is 140 Å². The predicted octanol–water partition coefficient (Wildman–Crippen LogP) is 1.18. The summed E-state index contributed by atoms with van der Waals surface area (Å²) in [5.74, 6) is 0.283. The highest BCUT2D eigenvalue weighted by Gasteiger charge is 2.27. The quantitative estimate of drug-likeness (QED) is 0.843. The van der Waals surface area contributed by atoms with Crippen LogP contribution in [0.5, 0.6) is 11.5 Å². The van der Waals surface area contributed by atoms with Gasteiger partial charge in [0.25, 0.3) is 5.91 Å². The van der Waals surface area contributed by atoms with Crippen LogP contribution in [0.15, 0.2) is 24.3 Å². The molecule has 1 aromatic carbocycles. The van der Waals surface area contributed by atoms with Gasteiger partial charge in [0.05, 0.1) is 6.07 Å². The highest BCUT2D eigenvalue weighted by molar-refractivity contribution is 5.81. The summed E-state index contributed by atoms with van der Waals surface area (Å²) in [5.41, 5.74) is 0. The molecule has 0 aromatic heterocycles. The van der Waals surface area contributed by atoms with Crippen molar-refractivity contribution in [2.75, 3.05) is 13.1 Å². The number of nitrogens with one attached hydrogen (secondary N) is 1. The zero-order valence-electron chi connectivity index (χ0n) is 13.6. The molecule has 1 aliphatic heterocycles. The van der Waals surface area contributed by atoms with Crippen LogP contribution in [0.2, 0.25) is 0 Å². The van der Waals surface area contributed by atoms with E-state index in [9.17, 15) is 14.7 Å². The smallest absolute Gasteiger partial charge is 0.263 e. The van der Waals surface area contributed by atoms with Crippen LogP contribution in [-0.2, 0) is 9.59 Å². The summed E-state index contributed by atoms with van der Waals surface area (Å²) in [4.78, 5) is 25.6. The number of carbonyl (C=O) groups is 2. The van der Waals surface area contributed by atoms with E-state index in [1.165, 1.54) is 12.1 Å². The number of phenols is 1. The van der Waals surface area contributed by atoms with Crippen LogP contribution < -0.4 is 10.1 Å². The van der Waals surface area contributed by atoms with Crippen molar-refractivity contribution in [3.63, 3.8) is 0 Å². The number of likely N-dealkylation sites (tertiary alicyclic amines) is 1. The number of hydrogen-bond donors (Lipinski definition) is 2. The van der Waals surface area contributed by atoms with Crippen LogP contribution in [0.25, 0.3) is 0 Å². The lowest BCUT2D eigenvalue weighted by Gasteiger charge is -2.33. The first kappa shape index (κ1) is 17.6. The molecule has 2 N–H and O–H groups in total.